The first kappa shape index (κ1) is 9.49. The van der Waals surface area contributed by atoms with Crippen LogP contribution in [0.5, 0.6) is 0 Å². The third-order valence-electron chi connectivity index (χ3n) is 3.03. The molecule has 2 saturated heterocycles. The number of hydrogen-bond donors (Lipinski definition) is 1. The van der Waals surface area contributed by atoms with E-state index in [-0.39, 0.29) is 17.7 Å². The highest BCUT2D eigenvalue weighted by molar-refractivity contribution is 5.83. The van der Waals surface area contributed by atoms with Crippen molar-refractivity contribution in [3.8, 4) is 0 Å². The first-order valence-electron chi connectivity index (χ1n) is 5.33. The Morgan fingerprint density at radius 1 is 1.36 bits per heavy atom. The molecule has 2 aliphatic rings. The van der Waals surface area contributed by atoms with E-state index in [2.05, 4.69) is 5.32 Å². The van der Waals surface area contributed by atoms with Gasteiger partial charge >= 0.3 is 0 Å². The van der Waals surface area contributed by atoms with Gasteiger partial charge in [-0.15, -0.1) is 0 Å². The number of amides is 2. The predicted molar refractivity (Wildman–Crippen MR) is 51.5 cm³/mol. The summed E-state index contributed by atoms with van der Waals surface area (Å²) >= 11 is 0. The fourth-order valence-corrected chi connectivity index (χ4v) is 2.14. The van der Waals surface area contributed by atoms with Crippen molar-refractivity contribution in [1.82, 2.24) is 10.2 Å². The van der Waals surface area contributed by atoms with E-state index >= 15 is 0 Å². The maximum atomic E-state index is 11.9. The maximum absolute atomic E-state index is 11.9. The minimum atomic E-state index is 0.0331. The second-order valence-electron chi connectivity index (χ2n) is 4.07. The van der Waals surface area contributed by atoms with Gasteiger partial charge in [-0.1, -0.05) is 0 Å². The van der Waals surface area contributed by atoms with Crippen molar-refractivity contribution in [3.63, 3.8) is 0 Å². The lowest BCUT2D eigenvalue weighted by molar-refractivity contribution is -0.136. The molecule has 4 nitrogen and oxygen atoms in total. The van der Waals surface area contributed by atoms with E-state index in [0.717, 1.165) is 32.4 Å². The topological polar surface area (TPSA) is 49.4 Å². The van der Waals surface area contributed by atoms with Crippen LogP contribution in [0, 0.1) is 5.92 Å². The van der Waals surface area contributed by atoms with Gasteiger partial charge in [0.1, 0.15) is 0 Å². The Hall–Kier alpha value is -1.06. The molecule has 2 amide bonds. The maximum Gasteiger partial charge on any atom is 0.227 e. The van der Waals surface area contributed by atoms with Crippen LogP contribution in [0.3, 0.4) is 0 Å². The number of hydrogen-bond acceptors (Lipinski definition) is 2. The number of rotatable bonds is 1. The molecule has 78 valence electrons. The summed E-state index contributed by atoms with van der Waals surface area (Å²) in [6.45, 7) is 2.35. The van der Waals surface area contributed by atoms with Crippen LogP contribution in [0.15, 0.2) is 0 Å². The summed E-state index contributed by atoms with van der Waals surface area (Å²) in [6.07, 6.45) is 3.49. The molecule has 0 aliphatic carbocycles. The van der Waals surface area contributed by atoms with Crippen molar-refractivity contribution < 1.29 is 9.59 Å². The zero-order chi connectivity index (χ0) is 9.97. The van der Waals surface area contributed by atoms with Crippen molar-refractivity contribution in [3.05, 3.63) is 0 Å². The number of nitrogens with one attached hydrogen (secondary N) is 1. The van der Waals surface area contributed by atoms with E-state index in [4.69, 9.17) is 0 Å². The van der Waals surface area contributed by atoms with Crippen LogP contribution in [0.2, 0.25) is 0 Å². The van der Waals surface area contributed by atoms with E-state index in [9.17, 15) is 9.59 Å². The summed E-state index contributed by atoms with van der Waals surface area (Å²) in [4.78, 5) is 24.7. The molecule has 2 fully saturated rings. The third kappa shape index (κ3) is 1.89. The van der Waals surface area contributed by atoms with Gasteiger partial charge in [-0.05, 0) is 19.3 Å². The highest BCUT2D eigenvalue weighted by Gasteiger charge is 2.29. The lowest BCUT2D eigenvalue weighted by atomic mass is 9.98. The van der Waals surface area contributed by atoms with E-state index in [1.165, 1.54) is 0 Å². The lowest BCUT2D eigenvalue weighted by Crippen LogP contribution is -2.43. The van der Waals surface area contributed by atoms with E-state index in [1.807, 2.05) is 4.90 Å². The zero-order valence-electron chi connectivity index (χ0n) is 8.29. The van der Waals surface area contributed by atoms with Crippen LogP contribution in [0.25, 0.3) is 0 Å². The smallest absolute Gasteiger partial charge is 0.227 e. The summed E-state index contributed by atoms with van der Waals surface area (Å²) in [7, 11) is 0. The van der Waals surface area contributed by atoms with Crippen LogP contribution in [-0.4, -0.2) is 36.3 Å². The quantitative estimate of drug-likeness (QED) is 0.648. The van der Waals surface area contributed by atoms with Gasteiger partial charge in [0.15, 0.2) is 0 Å². The Labute approximate surface area is 83.6 Å². The number of piperidine rings is 1. The minimum absolute atomic E-state index is 0.0331. The Morgan fingerprint density at radius 3 is 2.64 bits per heavy atom. The molecule has 0 saturated carbocycles. The number of carbonyl (C=O) groups is 2. The van der Waals surface area contributed by atoms with Crippen molar-refractivity contribution >= 4 is 11.8 Å². The summed E-state index contributed by atoms with van der Waals surface area (Å²) < 4.78 is 0. The van der Waals surface area contributed by atoms with Crippen molar-refractivity contribution in [2.45, 2.75) is 25.7 Å². The van der Waals surface area contributed by atoms with Gasteiger partial charge in [0.05, 0.1) is 5.92 Å². The number of likely N-dealkylation sites (tertiary alicyclic amines) is 1. The monoisotopic (exact) mass is 196 g/mol. The predicted octanol–water partition coefficient (Wildman–Crippen LogP) is 0.135. The largest absolute Gasteiger partial charge is 0.355 e. The van der Waals surface area contributed by atoms with Gasteiger partial charge in [0.2, 0.25) is 11.8 Å². The Bertz CT molecular complexity index is 237. The van der Waals surface area contributed by atoms with Crippen LogP contribution in [0.1, 0.15) is 25.7 Å². The molecular formula is C10H16N2O2. The highest BCUT2D eigenvalue weighted by atomic mass is 16.2. The van der Waals surface area contributed by atoms with Crippen molar-refractivity contribution in [1.29, 1.82) is 0 Å². The molecule has 0 radical (unpaired) electrons. The molecule has 1 unspecified atom stereocenters. The molecule has 1 atom stereocenters. The van der Waals surface area contributed by atoms with Crippen molar-refractivity contribution in [2.75, 3.05) is 19.6 Å². The Balaban J connectivity index is 1.88. The first-order valence-corrected chi connectivity index (χ1v) is 5.33. The Morgan fingerprint density at radius 2 is 2.07 bits per heavy atom. The van der Waals surface area contributed by atoms with E-state index in [1.54, 1.807) is 0 Å². The SMILES string of the molecule is O=C1CCC(C(=O)N2CCCC2)CN1. The van der Waals surface area contributed by atoms with Crippen LogP contribution >= 0.6 is 0 Å². The summed E-state index contributed by atoms with van der Waals surface area (Å²) in [5.74, 6) is 0.351. The van der Waals surface area contributed by atoms with Crippen LogP contribution < -0.4 is 5.32 Å². The number of nitrogens with zero attached hydrogens (tertiary/aromatic N) is 1. The fraction of sp³-hybridized carbons (Fsp3) is 0.800. The molecule has 1 N–H and O–H groups in total. The lowest BCUT2D eigenvalue weighted by Gasteiger charge is -2.26. The van der Waals surface area contributed by atoms with Crippen LogP contribution in [0.4, 0.5) is 0 Å². The molecule has 0 aromatic heterocycles. The highest BCUT2D eigenvalue weighted by Crippen LogP contribution is 2.17. The molecule has 0 aromatic rings. The Kier molecular flexibility index (Phi) is 2.70. The molecule has 2 heterocycles. The molecule has 14 heavy (non-hydrogen) atoms. The minimum Gasteiger partial charge on any atom is -0.355 e. The third-order valence-corrected chi connectivity index (χ3v) is 3.03. The first-order chi connectivity index (χ1) is 6.77. The zero-order valence-corrected chi connectivity index (χ0v) is 8.29. The molecule has 0 bridgehead atoms. The number of carbonyl (C=O) groups excluding carboxylic acids is 2. The van der Waals surface area contributed by atoms with Gasteiger partial charge in [0.25, 0.3) is 0 Å². The van der Waals surface area contributed by atoms with Gasteiger partial charge in [-0.2, -0.15) is 0 Å². The second kappa shape index (κ2) is 3.98. The standard InChI is InChI=1S/C10H16N2O2/c13-9-4-3-8(7-11-9)10(14)12-5-1-2-6-12/h8H,1-7H2,(H,11,13). The van der Waals surface area contributed by atoms with Gasteiger partial charge in [-0.25, -0.2) is 0 Å². The summed E-state index contributed by atoms with van der Waals surface area (Å²) in [5, 5.41) is 2.75. The average Bonchev–Trinajstić information content (AvgIpc) is 2.71. The molecule has 0 spiro atoms. The van der Waals surface area contributed by atoms with Gasteiger partial charge < -0.3 is 10.2 Å². The molecule has 2 rings (SSSR count). The normalized spacial score (nSPS) is 27.6. The van der Waals surface area contributed by atoms with Crippen LogP contribution in [-0.2, 0) is 9.59 Å². The molecule has 0 aromatic carbocycles. The van der Waals surface area contributed by atoms with Crippen molar-refractivity contribution in [2.24, 2.45) is 5.92 Å². The van der Waals surface area contributed by atoms with Gasteiger partial charge in [0, 0.05) is 26.1 Å². The summed E-state index contributed by atoms with van der Waals surface area (Å²) in [5.41, 5.74) is 0. The van der Waals surface area contributed by atoms with E-state index < -0.39 is 0 Å². The average molecular weight is 196 g/mol. The van der Waals surface area contributed by atoms with E-state index in [0.29, 0.717) is 13.0 Å². The molecule has 4 heteroatoms. The fourth-order valence-electron chi connectivity index (χ4n) is 2.14. The van der Waals surface area contributed by atoms with Gasteiger partial charge in [-0.3, -0.25) is 9.59 Å². The summed E-state index contributed by atoms with van der Waals surface area (Å²) in [6, 6.07) is 0. The second-order valence-corrected chi connectivity index (χ2v) is 4.07. The molecule has 2 aliphatic heterocycles. The molecular weight excluding hydrogens is 180 g/mol.